The minimum Gasteiger partial charge on any atom is -0.489 e. The van der Waals surface area contributed by atoms with Crippen LogP contribution in [0.5, 0.6) is 11.5 Å². The van der Waals surface area contributed by atoms with Gasteiger partial charge in [-0.15, -0.1) is 0 Å². The molecule has 0 heterocycles. The number of nitrogens with zero attached hydrogens (tertiary/aromatic N) is 1. The molecule has 0 spiro atoms. The summed E-state index contributed by atoms with van der Waals surface area (Å²) in [5.41, 5.74) is 6.20. The maximum atomic E-state index is 11.2. The largest absolute Gasteiger partial charge is 0.489 e. The summed E-state index contributed by atoms with van der Waals surface area (Å²) in [6, 6.07) is 28.6. The molecule has 0 radical (unpaired) electrons. The highest BCUT2D eigenvalue weighted by atomic mass is 16.6. The Morgan fingerprint density at radius 3 is 2.42 bits per heavy atom. The minimum absolute atomic E-state index is 0.0196. The molecule has 0 fully saturated rings. The standard InChI is InChI=1S/C32H33N3O5/c1-23-28(11-7-13-31(23)26-9-4-3-5-10-26)22-39-30-15-14-27(20-33-16-17-34-24(2)36)32(19-30)40-21-25-8-6-12-29(18-25)35(37)38/h3-15,18-19,33H,16-17,20-22H2,1-2H3,(H,34,36). The van der Waals surface area contributed by atoms with Crippen LogP contribution in [0.15, 0.2) is 91.0 Å². The molecule has 0 aliphatic heterocycles. The third-order valence-corrected chi connectivity index (χ3v) is 6.47. The van der Waals surface area contributed by atoms with Crippen molar-refractivity contribution in [1.82, 2.24) is 10.6 Å². The smallest absolute Gasteiger partial charge is 0.269 e. The second-order valence-electron chi connectivity index (χ2n) is 9.39. The van der Waals surface area contributed by atoms with E-state index < -0.39 is 4.92 Å². The first-order valence-electron chi connectivity index (χ1n) is 13.1. The van der Waals surface area contributed by atoms with Crippen LogP contribution in [0.1, 0.15) is 29.2 Å². The van der Waals surface area contributed by atoms with Crippen molar-refractivity contribution in [2.75, 3.05) is 13.1 Å². The van der Waals surface area contributed by atoms with Gasteiger partial charge in [0.15, 0.2) is 0 Å². The zero-order valence-electron chi connectivity index (χ0n) is 22.7. The highest BCUT2D eigenvalue weighted by Crippen LogP contribution is 2.29. The van der Waals surface area contributed by atoms with E-state index in [-0.39, 0.29) is 18.2 Å². The van der Waals surface area contributed by atoms with Gasteiger partial charge in [0, 0.05) is 50.3 Å². The first-order valence-corrected chi connectivity index (χ1v) is 13.1. The topological polar surface area (TPSA) is 103 Å². The van der Waals surface area contributed by atoms with Crippen molar-refractivity contribution in [1.29, 1.82) is 0 Å². The van der Waals surface area contributed by atoms with Gasteiger partial charge in [-0.1, -0.05) is 66.7 Å². The lowest BCUT2D eigenvalue weighted by Crippen LogP contribution is -2.30. The summed E-state index contributed by atoms with van der Waals surface area (Å²) in [6.07, 6.45) is 0. The van der Waals surface area contributed by atoms with Gasteiger partial charge >= 0.3 is 0 Å². The summed E-state index contributed by atoms with van der Waals surface area (Å²) < 4.78 is 12.3. The van der Waals surface area contributed by atoms with E-state index in [2.05, 4.69) is 41.8 Å². The van der Waals surface area contributed by atoms with Crippen molar-refractivity contribution in [3.63, 3.8) is 0 Å². The lowest BCUT2D eigenvalue weighted by atomic mass is 9.97. The predicted octanol–water partition coefficient (Wildman–Crippen LogP) is 5.95. The predicted molar refractivity (Wildman–Crippen MR) is 155 cm³/mol. The van der Waals surface area contributed by atoms with Crippen molar-refractivity contribution in [3.05, 3.63) is 123 Å². The molecule has 0 aliphatic carbocycles. The summed E-state index contributed by atoms with van der Waals surface area (Å²) in [5.74, 6) is 1.19. The zero-order valence-corrected chi connectivity index (χ0v) is 22.7. The van der Waals surface area contributed by atoms with E-state index in [4.69, 9.17) is 9.47 Å². The maximum absolute atomic E-state index is 11.2. The molecule has 0 aliphatic rings. The van der Waals surface area contributed by atoms with Crippen molar-refractivity contribution in [3.8, 4) is 22.6 Å². The molecule has 0 bridgehead atoms. The molecule has 40 heavy (non-hydrogen) atoms. The highest BCUT2D eigenvalue weighted by molar-refractivity contribution is 5.72. The van der Waals surface area contributed by atoms with Gasteiger partial charge in [-0.3, -0.25) is 14.9 Å². The van der Waals surface area contributed by atoms with Crippen LogP contribution in [0.2, 0.25) is 0 Å². The molecule has 0 aromatic heterocycles. The molecule has 0 atom stereocenters. The SMILES string of the molecule is CC(=O)NCCNCc1ccc(OCc2cccc(-c3ccccc3)c2C)cc1OCc1cccc([N+](=O)[O-])c1. The van der Waals surface area contributed by atoms with Crippen LogP contribution in [-0.4, -0.2) is 23.9 Å². The zero-order chi connectivity index (χ0) is 28.3. The summed E-state index contributed by atoms with van der Waals surface area (Å²) in [7, 11) is 0. The van der Waals surface area contributed by atoms with Crippen LogP contribution < -0.4 is 20.1 Å². The van der Waals surface area contributed by atoms with Gasteiger partial charge in [-0.05, 0) is 40.8 Å². The van der Waals surface area contributed by atoms with Gasteiger partial charge in [0.1, 0.15) is 24.7 Å². The Balaban J connectivity index is 1.48. The van der Waals surface area contributed by atoms with E-state index in [1.165, 1.54) is 24.6 Å². The number of ether oxygens (including phenoxy) is 2. The molecule has 4 aromatic carbocycles. The number of benzene rings is 4. The molecule has 4 aromatic rings. The Morgan fingerprint density at radius 2 is 1.65 bits per heavy atom. The third kappa shape index (κ3) is 7.91. The Hall–Kier alpha value is -4.69. The monoisotopic (exact) mass is 539 g/mol. The van der Waals surface area contributed by atoms with Crippen molar-refractivity contribution >= 4 is 11.6 Å². The molecule has 0 saturated heterocycles. The number of rotatable bonds is 13. The van der Waals surface area contributed by atoms with Gasteiger partial charge in [0.2, 0.25) is 5.91 Å². The number of amides is 1. The van der Waals surface area contributed by atoms with Crippen molar-refractivity contribution in [2.45, 2.75) is 33.6 Å². The van der Waals surface area contributed by atoms with Crippen LogP contribution in [0.25, 0.3) is 11.1 Å². The van der Waals surface area contributed by atoms with Crippen LogP contribution in [0, 0.1) is 17.0 Å². The fourth-order valence-corrected chi connectivity index (χ4v) is 4.31. The number of hydrogen-bond donors (Lipinski definition) is 2. The number of nitro benzene ring substituents is 1. The van der Waals surface area contributed by atoms with E-state index in [1.54, 1.807) is 12.1 Å². The average Bonchev–Trinajstić information content (AvgIpc) is 2.96. The van der Waals surface area contributed by atoms with E-state index in [0.29, 0.717) is 43.3 Å². The molecule has 8 heteroatoms. The summed E-state index contributed by atoms with van der Waals surface area (Å²) >= 11 is 0. The van der Waals surface area contributed by atoms with E-state index in [9.17, 15) is 14.9 Å². The van der Waals surface area contributed by atoms with Gasteiger partial charge in [-0.25, -0.2) is 0 Å². The highest BCUT2D eigenvalue weighted by Gasteiger charge is 2.11. The van der Waals surface area contributed by atoms with Crippen LogP contribution >= 0.6 is 0 Å². The van der Waals surface area contributed by atoms with E-state index >= 15 is 0 Å². The molecule has 1 amide bonds. The Kier molecular flexibility index (Phi) is 9.85. The molecule has 4 rings (SSSR count). The molecule has 206 valence electrons. The summed E-state index contributed by atoms with van der Waals surface area (Å²) in [5, 5.41) is 17.2. The van der Waals surface area contributed by atoms with E-state index in [0.717, 1.165) is 22.3 Å². The maximum Gasteiger partial charge on any atom is 0.269 e. The number of hydrogen-bond acceptors (Lipinski definition) is 6. The number of nitro groups is 1. The van der Waals surface area contributed by atoms with Crippen molar-refractivity contribution < 1.29 is 19.2 Å². The molecular weight excluding hydrogens is 506 g/mol. The molecule has 2 N–H and O–H groups in total. The lowest BCUT2D eigenvalue weighted by molar-refractivity contribution is -0.384. The number of carbonyl (C=O) groups is 1. The van der Waals surface area contributed by atoms with Crippen LogP contribution in [0.3, 0.4) is 0 Å². The number of nitrogens with one attached hydrogen (secondary N) is 2. The fraction of sp³-hybridized carbons (Fsp3) is 0.219. The van der Waals surface area contributed by atoms with Crippen LogP contribution in [0.4, 0.5) is 5.69 Å². The average molecular weight is 540 g/mol. The molecular formula is C32H33N3O5. The second-order valence-corrected chi connectivity index (χ2v) is 9.39. The van der Waals surface area contributed by atoms with Crippen molar-refractivity contribution in [2.24, 2.45) is 0 Å². The minimum atomic E-state index is -0.419. The normalized spacial score (nSPS) is 10.7. The Morgan fingerprint density at radius 1 is 0.850 bits per heavy atom. The second kappa shape index (κ2) is 13.9. The first kappa shape index (κ1) is 28.3. The van der Waals surface area contributed by atoms with Gasteiger partial charge < -0.3 is 20.1 Å². The Labute approximate surface area is 234 Å². The lowest BCUT2D eigenvalue weighted by Gasteiger charge is -2.16. The van der Waals surface area contributed by atoms with Gasteiger partial charge in [-0.2, -0.15) is 0 Å². The summed E-state index contributed by atoms with van der Waals surface area (Å²) in [4.78, 5) is 21.9. The fourth-order valence-electron chi connectivity index (χ4n) is 4.31. The van der Waals surface area contributed by atoms with Gasteiger partial charge in [0.05, 0.1) is 4.92 Å². The number of non-ortho nitro benzene ring substituents is 1. The third-order valence-electron chi connectivity index (χ3n) is 6.47. The van der Waals surface area contributed by atoms with E-state index in [1.807, 2.05) is 42.5 Å². The van der Waals surface area contributed by atoms with Crippen LogP contribution in [-0.2, 0) is 24.6 Å². The van der Waals surface area contributed by atoms with Gasteiger partial charge in [0.25, 0.3) is 5.69 Å². The molecule has 8 nitrogen and oxygen atoms in total. The quantitative estimate of drug-likeness (QED) is 0.124. The number of carbonyl (C=O) groups excluding carboxylic acids is 1. The summed E-state index contributed by atoms with van der Waals surface area (Å²) in [6.45, 7) is 5.78. The first-order chi connectivity index (χ1) is 19.4. The molecule has 0 unspecified atom stereocenters. The Bertz CT molecular complexity index is 1460. The molecule has 0 saturated carbocycles.